The molecule has 2 heteroatoms. The van der Waals surface area contributed by atoms with Gasteiger partial charge in [0, 0.05) is 0 Å². The molecule has 0 atom stereocenters. The molecule has 0 fully saturated rings. The van der Waals surface area contributed by atoms with Gasteiger partial charge in [-0.2, -0.15) is 0 Å². The molecule has 0 bridgehead atoms. The Hall–Kier alpha value is -0.790. The summed E-state index contributed by atoms with van der Waals surface area (Å²) < 4.78 is 4.67. The van der Waals surface area contributed by atoms with Gasteiger partial charge < -0.3 is 0 Å². The Kier molecular flexibility index (Phi) is 8.62. The molecule has 0 unspecified atom stereocenters. The van der Waals surface area contributed by atoms with Crippen molar-refractivity contribution in [3.8, 4) is 0 Å². The highest BCUT2D eigenvalue weighted by Gasteiger charge is 2.02. The molecule has 0 amide bonds. The number of nitrogens with zero attached hydrogens (tertiary/aromatic N) is 2. The van der Waals surface area contributed by atoms with Gasteiger partial charge in [0.25, 0.3) is 0 Å². The van der Waals surface area contributed by atoms with Crippen LogP contribution in [-0.2, 0) is 13.1 Å². The van der Waals surface area contributed by atoms with Gasteiger partial charge in [0.2, 0.25) is 6.33 Å². The fourth-order valence-electron chi connectivity index (χ4n) is 2.32. The molecule has 2 nitrogen and oxygen atoms in total. The summed E-state index contributed by atoms with van der Waals surface area (Å²) in [7, 11) is 0. The predicted molar refractivity (Wildman–Crippen MR) is 77.5 cm³/mol. The van der Waals surface area contributed by atoms with E-state index in [1.165, 1.54) is 70.9 Å². The molecule has 0 aromatic carbocycles. The number of imidazole rings is 1. The van der Waals surface area contributed by atoms with E-state index < -0.39 is 0 Å². The van der Waals surface area contributed by atoms with Crippen molar-refractivity contribution in [2.75, 3.05) is 0 Å². The number of hydrogen-bond donors (Lipinski definition) is 0. The zero-order valence-corrected chi connectivity index (χ0v) is 12.4. The average molecular weight is 251 g/mol. The second-order valence-corrected chi connectivity index (χ2v) is 5.36. The molecule has 0 aliphatic heterocycles. The molecule has 1 heterocycles. The van der Waals surface area contributed by atoms with Gasteiger partial charge in [0.15, 0.2) is 0 Å². The largest absolute Gasteiger partial charge is 0.243 e. The Bertz CT molecular complexity index is 291. The van der Waals surface area contributed by atoms with Gasteiger partial charge in [-0.05, 0) is 25.7 Å². The van der Waals surface area contributed by atoms with Gasteiger partial charge in [-0.25, -0.2) is 9.13 Å². The Labute approximate surface area is 113 Å². The van der Waals surface area contributed by atoms with Crippen molar-refractivity contribution in [1.29, 1.82) is 0 Å². The summed E-state index contributed by atoms with van der Waals surface area (Å²) in [5.41, 5.74) is 0. The van der Waals surface area contributed by atoms with Crippen LogP contribution in [0.1, 0.15) is 71.6 Å². The third-order valence-electron chi connectivity index (χ3n) is 3.54. The lowest BCUT2D eigenvalue weighted by molar-refractivity contribution is -0.696. The number of rotatable bonds is 11. The van der Waals surface area contributed by atoms with Crippen molar-refractivity contribution < 1.29 is 4.57 Å². The second kappa shape index (κ2) is 10.2. The average Bonchev–Trinajstić information content (AvgIpc) is 2.82. The monoisotopic (exact) mass is 251 g/mol. The van der Waals surface area contributed by atoms with Gasteiger partial charge in [0.05, 0.1) is 13.1 Å². The highest BCUT2D eigenvalue weighted by atomic mass is 15.1. The summed E-state index contributed by atoms with van der Waals surface area (Å²) in [6.07, 6.45) is 18.9. The number of aromatic nitrogens is 2. The summed E-state index contributed by atoms with van der Waals surface area (Å²) >= 11 is 0. The van der Waals surface area contributed by atoms with E-state index in [-0.39, 0.29) is 0 Å². The summed E-state index contributed by atoms with van der Waals surface area (Å²) in [6, 6.07) is 0. The van der Waals surface area contributed by atoms with Crippen molar-refractivity contribution in [1.82, 2.24) is 4.57 Å². The minimum atomic E-state index is 1.18. The van der Waals surface area contributed by atoms with E-state index in [9.17, 15) is 0 Å². The van der Waals surface area contributed by atoms with Crippen LogP contribution in [-0.4, -0.2) is 4.57 Å². The standard InChI is InChI=1S/C16H31N2/c1-3-5-7-9-11-13-18-15-14-17(16-18)12-10-8-6-4-2/h14-16H,3-13H2,1-2H3/q+1. The van der Waals surface area contributed by atoms with Crippen molar-refractivity contribution in [2.45, 2.75) is 84.7 Å². The summed E-state index contributed by atoms with van der Waals surface area (Å²) in [6.45, 7) is 6.91. The molecule has 0 radical (unpaired) electrons. The van der Waals surface area contributed by atoms with Crippen molar-refractivity contribution in [3.05, 3.63) is 18.7 Å². The molecule has 104 valence electrons. The lowest BCUT2D eigenvalue weighted by atomic mass is 10.1. The number of aryl methyl sites for hydroxylation is 2. The Balaban J connectivity index is 2.10. The fraction of sp³-hybridized carbons (Fsp3) is 0.812. The second-order valence-electron chi connectivity index (χ2n) is 5.36. The smallest absolute Gasteiger partial charge is 0.237 e. The fourth-order valence-corrected chi connectivity index (χ4v) is 2.32. The van der Waals surface area contributed by atoms with Gasteiger partial charge in [-0.1, -0.05) is 46.0 Å². The molecular weight excluding hydrogens is 220 g/mol. The van der Waals surface area contributed by atoms with Gasteiger partial charge in [-0.15, -0.1) is 0 Å². The SMILES string of the molecule is CCCCCCC[n+]1ccn(CCCCCC)c1. The molecule has 1 aromatic rings. The first-order valence-electron chi connectivity index (χ1n) is 7.91. The van der Waals surface area contributed by atoms with Gasteiger partial charge >= 0.3 is 0 Å². The maximum Gasteiger partial charge on any atom is 0.243 e. The van der Waals surface area contributed by atoms with E-state index in [1.807, 2.05) is 0 Å². The summed E-state index contributed by atoms with van der Waals surface area (Å²) in [5.74, 6) is 0. The molecule has 0 saturated heterocycles. The molecule has 0 aliphatic carbocycles. The minimum absolute atomic E-state index is 1.18. The number of unbranched alkanes of at least 4 members (excludes halogenated alkanes) is 7. The molecule has 1 aromatic heterocycles. The topological polar surface area (TPSA) is 8.81 Å². The van der Waals surface area contributed by atoms with Crippen LogP contribution in [0.4, 0.5) is 0 Å². The van der Waals surface area contributed by atoms with Crippen LogP contribution >= 0.6 is 0 Å². The third kappa shape index (κ3) is 6.83. The molecule has 0 spiro atoms. The van der Waals surface area contributed by atoms with Crippen molar-refractivity contribution in [2.24, 2.45) is 0 Å². The maximum atomic E-state index is 2.34. The van der Waals surface area contributed by atoms with E-state index in [0.717, 1.165) is 0 Å². The van der Waals surface area contributed by atoms with Crippen LogP contribution in [0.25, 0.3) is 0 Å². The maximum absolute atomic E-state index is 2.34. The van der Waals surface area contributed by atoms with E-state index in [2.05, 4.69) is 41.7 Å². The molecule has 0 aliphatic rings. The van der Waals surface area contributed by atoms with E-state index >= 15 is 0 Å². The van der Waals surface area contributed by atoms with E-state index in [4.69, 9.17) is 0 Å². The van der Waals surface area contributed by atoms with Crippen LogP contribution in [0.2, 0.25) is 0 Å². The first-order valence-corrected chi connectivity index (χ1v) is 7.91. The van der Waals surface area contributed by atoms with Crippen LogP contribution in [0.5, 0.6) is 0 Å². The highest BCUT2D eigenvalue weighted by Crippen LogP contribution is 2.03. The number of hydrogen-bond acceptors (Lipinski definition) is 0. The first kappa shape index (κ1) is 15.3. The van der Waals surface area contributed by atoms with Gasteiger partial charge in [-0.3, -0.25) is 0 Å². The van der Waals surface area contributed by atoms with Crippen LogP contribution in [0, 0.1) is 0 Å². The Morgan fingerprint density at radius 1 is 0.833 bits per heavy atom. The summed E-state index contributed by atoms with van der Waals surface area (Å²) in [5, 5.41) is 0. The molecule has 0 saturated carbocycles. The highest BCUT2D eigenvalue weighted by molar-refractivity contribution is 4.66. The normalized spacial score (nSPS) is 11.0. The Morgan fingerprint density at radius 3 is 2.22 bits per heavy atom. The zero-order chi connectivity index (χ0) is 13.1. The van der Waals surface area contributed by atoms with Crippen molar-refractivity contribution in [3.63, 3.8) is 0 Å². The summed E-state index contributed by atoms with van der Waals surface area (Å²) in [4.78, 5) is 0. The molecule has 0 N–H and O–H groups in total. The van der Waals surface area contributed by atoms with Crippen LogP contribution in [0.15, 0.2) is 18.7 Å². The lowest BCUT2D eigenvalue weighted by Crippen LogP contribution is -2.30. The van der Waals surface area contributed by atoms with Crippen LogP contribution < -0.4 is 4.57 Å². The quantitative estimate of drug-likeness (QED) is 0.409. The molecule has 18 heavy (non-hydrogen) atoms. The molecular formula is C16H31N2+. The first-order chi connectivity index (χ1) is 8.86. The lowest BCUT2D eigenvalue weighted by Gasteiger charge is -1.98. The molecule has 1 rings (SSSR count). The minimum Gasteiger partial charge on any atom is -0.237 e. The Morgan fingerprint density at radius 2 is 1.50 bits per heavy atom. The van der Waals surface area contributed by atoms with Crippen molar-refractivity contribution >= 4 is 0 Å². The van der Waals surface area contributed by atoms with Crippen LogP contribution in [0.3, 0.4) is 0 Å². The zero-order valence-electron chi connectivity index (χ0n) is 12.4. The van der Waals surface area contributed by atoms with E-state index in [0.29, 0.717) is 0 Å². The predicted octanol–water partition coefficient (Wildman–Crippen LogP) is 4.33. The third-order valence-corrected chi connectivity index (χ3v) is 3.54. The van der Waals surface area contributed by atoms with Gasteiger partial charge in [0.1, 0.15) is 12.4 Å². The van der Waals surface area contributed by atoms with E-state index in [1.54, 1.807) is 0 Å².